The molecule has 0 N–H and O–H groups in total. The predicted molar refractivity (Wildman–Crippen MR) is 98.3 cm³/mol. The van der Waals surface area contributed by atoms with Crippen molar-refractivity contribution in [2.45, 2.75) is 20.3 Å². The summed E-state index contributed by atoms with van der Waals surface area (Å²) in [5, 5.41) is 0. The number of aryl methyl sites for hydroxylation is 1. The zero-order valence-electron chi connectivity index (χ0n) is 14.8. The highest BCUT2D eigenvalue weighted by Crippen LogP contribution is 2.31. The topological polar surface area (TPSA) is 49.9 Å². The van der Waals surface area contributed by atoms with Gasteiger partial charge in [-0.05, 0) is 42.7 Å². The molecule has 0 fully saturated rings. The van der Waals surface area contributed by atoms with E-state index in [1.807, 2.05) is 49.4 Å². The number of fused-ring (bicyclic) bond motifs is 1. The van der Waals surface area contributed by atoms with Crippen molar-refractivity contribution in [2.24, 2.45) is 0 Å². The zero-order valence-corrected chi connectivity index (χ0v) is 14.8. The van der Waals surface area contributed by atoms with Crippen molar-refractivity contribution < 1.29 is 14.3 Å². The molecule has 130 valence electrons. The first-order chi connectivity index (χ1) is 12.0. The number of benzene rings is 2. The minimum atomic E-state index is -0.190. The van der Waals surface area contributed by atoms with Crippen LogP contribution in [-0.4, -0.2) is 32.0 Å². The number of rotatable bonds is 4. The van der Waals surface area contributed by atoms with Crippen molar-refractivity contribution in [1.29, 1.82) is 0 Å². The molecule has 0 aliphatic carbocycles. The maximum Gasteiger partial charge on any atom is 0.247 e. The number of carbonyl (C=O) groups excluding carboxylic acids is 2. The molecule has 0 bridgehead atoms. The molecule has 2 aromatic carbocycles. The van der Waals surface area contributed by atoms with E-state index in [2.05, 4.69) is 0 Å². The molecule has 0 radical (unpaired) electrons. The van der Waals surface area contributed by atoms with Crippen LogP contribution < -0.4 is 14.5 Å². The Balaban J connectivity index is 1.88. The summed E-state index contributed by atoms with van der Waals surface area (Å²) >= 11 is 0. The van der Waals surface area contributed by atoms with Crippen LogP contribution in [0, 0.1) is 6.92 Å². The van der Waals surface area contributed by atoms with Gasteiger partial charge in [0.1, 0.15) is 12.3 Å². The van der Waals surface area contributed by atoms with E-state index in [0.29, 0.717) is 18.0 Å². The number of carbonyl (C=O) groups is 2. The van der Waals surface area contributed by atoms with Crippen LogP contribution in [-0.2, 0) is 16.0 Å². The highest BCUT2D eigenvalue weighted by Gasteiger charge is 2.27. The van der Waals surface area contributed by atoms with E-state index in [1.54, 1.807) is 12.0 Å². The highest BCUT2D eigenvalue weighted by molar-refractivity contribution is 6.04. The molecule has 0 aromatic heterocycles. The lowest BCUT2D eigenvalue weighted by Gasteiger charge is -2.26. The summed E-state index contributed by atoms with van der Waals surface area (Å²) in [6.07, 6.45) is 0.843. The first-order valence-corrected chi connectivity index (χ1v) is 8.32. The van der Waals surface area contributed by atoms with Crippen LogP contribution in [0.25, 0.3) is 0 Å². The van der Waals surface area contributed by atoms with Gasteiger partial charge in [-0.15, -0.1) is 0 Å². The molecule has 5 nitrogen and oxygen atoms in total. The molecule has 3 rings (SSSR count). The molecule has 0 atom stereocenters. The van der Waals surface area contributed by atoms with E-state index >= 15 is 0 Å². The second-order valence-electron chi connectivity index (χ2n) is 6.20. The summed E-state index contributed by atoms with van der Waals surface area (Å²) in [7, 11) is 1.56. The van der Waals surface area contributed by atoms with Gasteiger partial charge in [0.15, 0.2) is 0 Å². The Morgan fingerprint density at radius 1 is 1.20 bits per heavy atom. The number of para-hydroxylation sites is 1. The maximum absolute atomic E-state index is 12.9. The largest absolute Gasteiger partial charge is 0.495 e. The third-order valence-corrected chi connectivity index (χ3v) is 4.49. The Bertz CT molecular complexity index is 816. The monoisotopic (exact) mass is 338 g/mol. The van der Waals surface area contributed by atoms with Crippen LogP contribution in [0.2, 0.25) is 0 Å². The van der Waals surface area contributed by atoms with Crippen molar-refractivity contribution in [1.82, 2.24) is 0 Å². The van der Waals surface area contributed by atoms with Gasteiger partial charge in [0.25, 0.3) is 0 Å². The van der Waals surface area contributed by atoms with E-state index in [1.165, 1.54) is 17.4 Å². The number of methoxy groups -OCH3 is 1. The molecular weight excluding hydrogens is 316 g/mol. The van der Waals surface area contributed by atoms with Gasteiger partial charge in [0.2, 0.25) is 11.8 Å². The molecule has 25 heavy (non-hydrogen) atoms. The summed E-state index contributed by atoms with van der Waals surface area (Å²) in [5.41, 5.74) is 3.72. The van der Waals surface area contributed by atoms with Gasteiger partial charge in [0.05, 0.1) is 12.8 Å². The first-order valence-electron chi connectivity index (χ1n) is 8.32. The molecule has 5 heteroatoms. The van der Waals surface area contributed by atoms with E-state index in [-0.39, 0.29) is 18.4 Å². The molecule has 1 aliphatic rings. The molecule has 1 aliphatic heterocycles. The van der Waals surface area contributed by atoms with Gasteiger partial charge >= 0.3 is 0 Å². The molecule has 0 spiro atoms. The Hall–Kier alpha value is -2.82. The summed E-state index contributed by atoms with van der Waals surface area (Å²) in [5.74, 6) is 0.295. The average Bonchev–Trinajstić information content (AvgIpc) is 3.03. The number of anilines is 2. The van der Waals surface area contributed by atoms with Gasteiger partial charge in [-0.25, -0.2) is 0 Å². The van der Waals surface area contributed by atoms with Crippen LogP contribution in [0.15, 0.2) is 42.5 Å². The van der Waals surface area contributed by atoms with Gasteiger partial charge in [-0.3, -0.25) is 14.5 Å². The second-order valence-corrected chi connectivity index (χ2v) is 6.20. The van der Waals surface area contributed by atoms with E-state index < -0.39 is 0 Å². The standard InChI is InChI=1S/C20H22N2O3/c1-14-8-9-19(25-3)18(12-14)22(15(2)23)13-20(24)21-11-10-16-6-4-5-7-17(16)21/h4-9,12H,10-11,13H2,1-3H3. The molecule has 2 aromatic rings. The number of hydrogen-bond acceptors (Lipinski definition) is 3. The quantitative estimate of drug-likeness (QED) is 0.861. The fourth-order valence-electron chi connectivity index (χ4n) is 3.20. The summed E-state index contributed by atoms with van der Waals surface area (Å²) in [6, 6.07) is 13.5. The normalized spacial score (nSPS) is 12.7. The second kappa shape index (κ2) is 6.97. The maximum atomic E-state index is 12.9. The Morgan fingerprint density at radius 2 is 1.96 bits per heavy atom. The summed E-state index contributed by atoms with van der Waals surface area (Å²) < 4.78 is 5.38. The fraction of sp³-hybridized carbons (Fsp3) is 0.300. The SMILES string of the molecule is COc1ccc(C)cc1N(CC(=O)N1CCc2ccccc21)C(C)=O. The molecule has 0 unspecified atom stereocenters. The third kappa shape index (κ3) is 3.36. The lowest BCUT2D eigenvalue weighted by Crippen LogP contribution is -2.42. The summed E-state index contributed by atoms with van der Waals surface area (Å²) in [6.45, 7) is 4.05. The van der Waals surface area contributed by atoms with Crippen LogP contribution in [0.3, 0.4) is 0 Å². The Morgan fingerprint density at radius 3 is 2.68 bits per heavy atom. The van der Waals surface area contributed by atoms with E-state index in [9.17, 15) is 9.59 Å². The van der Waals surface area contributed by atoms with Crippen LogP contribution >= 0.6 is 0 Å². The fourth-order valence-corrected chi connectivity index (χ4v) is 3.20. The summed E-state index contributed by atoms with van der Waals surface area (Å²) in [4.78, 5) is 28.3. The average molecular weight is 338 g/mol. The lowest BCUT2D eigenvalue weighted by molar-refractivity contribution is -0.121. The van der Waals surface area contributed by atoms with E-state index in [4.69, 9.17) is 4.74 Å². The molecule has 2 amide bonds. The van der Waals surface area contributed by atoms with Gasteiger partial charge in [-0.1, -0.05) is 24.3 Å². The van der Waals surface area contributed by atoms with Crippen molar-refractivity contribution in [3.63, 3.8) is 0 Å². The van der Waals surface area contributed by atoms with Crippen molar-refractivity contribution >= 4 is 23.2 Å². The lowest BCUT2D eigenvalue weighted by atomic mass is 10.1. The van der Waals surface area contributed by atoms with Crippen molar-refractivity contribution in [3.05, 3.63) is 53.6 Å². The van der Waals surface area contributed by atoms with Crippen LogP contribution in [0.5, 0.6) is 5.75 Å². The molecule has 0 saturated carbocycles. The van der Waals surface area contributed by atoms with Gasteiger partial charge < -0.3 is 9.64 Å². The molecule has 0 saturated heterocycles. The van der Waals surface area contributed by atoms with Crippen molar-refractivity contribution in [2.75, 3.05) is 30.0 Å². The zero-order chi connectivity index (χ0) is 18.0. The number of nitrogens with zero attached hydrogens (tertiary/aromatic N) is 2. The number of ether oxygens (including phenoxy) is 1. The Kier molecular flexibility index (Phi) is 4.74. The highest BCUT2D eigenvalue weighted by atomic mass is 16.5. The molecular formula is C20H22N2O3. The van der Waals surface area contributed by atoms with Gasteiger partial charge in [-0.2, -0.15) is 0 Å². The van der Waals surface area contributed by atoms with E-state index in [0.717, 1.165) is 17.7 Å². The van der Waals surface area contributed by atoms with Crippen LogP contribution in [0.1, 0.15) is 18.1 Å². The molecule has 1 heterocycles. The number of hydrogen-bond donors (Lipinski definition) is 0. The number of amides is 2. The minimum absolute atomic E-state index is 0.0104. The Labute approximate surface area is 147 Å². The van der Waals surface area contributed by atoms with Gasteiger partial charge in [0, 0.05) is 19.2 Å². The first kappa shape index (κ1) is 17.0. The van der Waals surface area contributed by atoms with Crippen molar-refractivity contribution in [3.8, 4) is 5.75 Å². The smallest absolute Gasteiger partial charge is 0.247 e. The predicted octanol–water partition coefficient (Wildman–Crippen LogP) is 2.95. The minimum Gasteiger partial charge on any atom is -0.495 e. The van der Waals surface area contributed by atoms with Crippen LogP contribution in [0.4, 0.5) is 11.4 Å². The third-order valence-electron chi connectivity index (χ3n) is 4.49.